The third-order valence-corrected chi connectivity index (χ3v) is 2.64. The second-order valence-electron chi connectivity index (χ2n) is 3.61. The summed E-state index contributed by atoms with van der Waals surface area (Å²) in [6, 6.07) is 12.5. The normalized spacial score (nSPS) is 10.2. The van der Waals surface area contributed by atoms with Crippen LogP contribution in [-0.2, 0) is 0 Å². The van der Waals surface area contributed by atoms with Crippen molar-refractivity contribution in [2.45, 2.75) is 6.92 Å². The van der Waals surface area contributed by atoms with Gasteiger partial charge in [0, 0.05) is 10.0 Å². The standard InChI is InChI=1S/C14H12Cl2O2/c1-2-17-12-3-5-13(6-4-12)18-14-8-10(15)7-11(16)9-14/h3-9H,2H2,1H3. The summed E-state index contributed by atoms with van der Waals surface area (Å²) in [5.41, 5.74) is 0. The highest BCUT2D eigenvalue weighted by Crippen LogP contribution is 2.29. The second kappa shape index (κ2) is 5.98. The fourth-order valence-corrected chi connectivity index (χ4v) is 2.00. The quantitative estimate of drug-likeness (QED) is 0.769. The third kappa shape index (κ3) is 3.56. The van der Waals surface area contributed by atoms with Gasteiger partial charge < -0.3 is 9.47 Å². The first-order valence-electron chi connectivity index (χ1n) is 5.54. The zero-order valence-electron chi connectivity index (χ0n) is 9.82. The third-order valence-electron chi connectivity index (χ3n) is 2.21. The Morgan fingerprint density at radius 3 is 1.94 bits per heavy atom. The SMILES string of the molecule is CCOc1ccc(Oc2cc(Cl)cc(Cl)c2)cc1. The first-order valence-corrected chi connectivity index (χ1v) is 6.30. The maximum absolute atomic E-state index is 5.90. The van der Waals surface area contributed by atoms with E-state index in [0.29, 0.717) is 28.2 Å². The van der Waals surface area contributed by atoms with Gasteiger partial charge in [-0.05, 0) is 49.4 Å². The molecule has 0 amide bonds. The summed E-state index contributed by atoms with van der Waals surface area (Å²) in [6.45, 7) is 2.59. The molecular weight excluding hydrogens is 271 g/mol. The Morgan fingerprint density at radius 1 is 0.833 bits per heavy atom. The molecular formula is C14H12Cl2O2. The molecule has 0 radical (unpaired) electrons. The van der Waals surface area contributed by atoms with Crippen LogP contribution in [0.5, 0.6) is 17.2 Å². The molecule has 94 valence electrons. The monoisotopic (exact) mass is 282 g/mol. The average Bonchev–Trinajstić information content (AvgIpc) is 2.31. The van der Waals surface area contributed by atoms with Crippen molar-refractivity contribution in [3.8, 4) is 17.2 Å². The minimum absolute atomic E-state index is 0.545. The number of rotatable bonds is 4. The lowest BCUT2D eigenvalue weighted by Gasteiger charge is -2.08. The zero-order chi connectivity index (χ0) is 13.0. The Morgan fingerprint density at radius 2 is 1.39 bits per heavy atom. The molecule has 2 rings (SSSR count). The molecule has 0 N–H and O–H groups in total. The van der Waals surface area contributed by atoms with E-state index in [-0.39, 0.29) is 0 Å². The predicted octanol–water partition coefficient (Wildman–Crippen LogP) is 5.18. The van der Waals surface area contributed by atoms with Gasteiger partial charge in [0.05, 0.1) is 6.61 Å². The van der Waals surface area contributed by atoms with Gasteiger partial charge in [0.15, 0.2) is 0 Å². The van der Waals surface area contributed by atoms with Gasteiger partial charge in [0.1, 0.15) is 17.2 Å². The Kier molecular flexibility index (Phi) is 4.34. The molecule has 0 fully saturated rings. The van der Waals surface area contributed by atoms with Crippen LogP contribution in [0.4, 0.5) is 0 Å². The minimum Gasteiger partial charge on any atom is -0.494 e. The van der Waals surface area contributed by atoms with Gasteiger partial charge in [-0.15, -0.1) is 0 Å². The number of hydrogen-bond donors (Lipinski definition) is 0. The molecule has 18 heavy (non-hydrogen) atoms. The first-order chi connectivity index (χ1) is 8.67. The number of hydrogen-bond acceptors (Lipinski definition) is 2. The summed E-state index contributed by atoms with van der Waals surface area (Å²) in [6.07, 6.45) is 0. The van der Waals surface area contributed by atoms with Crippen molar-refractivity contribution >= 4 is 23.2 Å². The predicted molar refractivity (Wildman–Crippen MR) is 74.1 cm³/mol. The molecule has 0 atom stereocenters. The maximum Gasteiger partial charge on any atom is 0.130 e. The molecule has 4 heteroatoms. The van der Waals surface area contributed by atoms with Crippen LogP contribution >= 0.6 is 23.2 Å². The molecule has 2 aromatic rings. The molecule has 0 aromatic heterocycles. The molecule has 0 spiro atoms. The van der Waals surface area contributed by atoms with Crippen LogP contribution in [0.3, 0.4) is 0 Å². The molecule has 2 aromatic carbocycles. The van der Waals surface area contributed by atoms with Gasteiger partial charge in [-0.2, -0.15) is 0 Å². The Balaban J connectivity index is 2.13. The average molecular weight is 283 g/mol. The fourth-order valence-electron chi connectivity index (χ4n) is 1.49. The maximum atomic E-state index is 5.90. The minimum atomic E-state index is 0.545. The van der Waals surface area contributed by atoms with Gasteiger partial charge in [-0.3, -0.25) is 0 Å². The van der Waals surface area contributed by atoms with E-state index >= 15 is 0 Å². The molecule has 0 aliphatic heterocycles. The number of halogens is 2. The summed E-state index contributed by atoms with van der Waals surface area (Å²) in [4.78, 5) is 0. The van der Waals surface area contributed by atoms with E-state index in [1.54, 1.807) is 18.2 Å². The zero-order valence-corrected chi connectivity index (χ0v) is 11.3. The summed E-state index contributed by atoms with van der Waals surface area (Å²) in [5, 5.41) is 1.09. The van der Waals surface area contributed by atoms with E-state index in [0.717, 1.165) is 5.75 Å². The lowest BCUT2D eigenvalue weighted by molar-refractivity contribution is 0.339. The Hall–Kier alpha value is -1.38. The van der Waals surface area contributed by atoms with Crippen LogP contribution in [0.1, 0.15) is 6.92 Å². The molecule has 0 heterocycles. The topological polar surface area (TPSA) is 18.5 Å². The molecule has 2 nitrogen and oxygen atoms in total. The van der Waals surface area contributed by atoms with Crippen LogP contribution in [0.2, 0.25) is 10.0 Å². The summed E-state index contributed by atoms with van der Waals surface area (Å²) >= 11 is 11.8. The molecule has 0 aliphatic rings. The van der Waals surface area contributed by atoms with Crippen LogP contribution < -0.4 is 9.47 Å². The van der Waals surface area contributed by atoms with Crippen LogP contribution in [0, 0.1) is 0 Å². The second-order valence-corrected chi connectivity index (χ2v) is 4.48. The van der Waals surface area contributed by atoms with E-state index in [2.05, 4.69) is 0 Å². The van der Waals surface area contributed by atoms with Crippen LogP contribution in [0.15, 0.2) is 42.5 Å². The van der Waals surface area contributed by atoms with Crippen molar-refractivity contribution in [1.82, 2.24) is 0 Å². The van der Waals surface area contributed by atoms with Gasteiger partial charge >= 0.3 is 0 Å². The number of ether oxygens (including phenoxy) is 2. The van der Waals surface area contributed by atoms with Crippen LogP contribution in [0.25, 0.3) is 0 Å². The highest BCUT2D eigenvalue weighted by Gasteiger charge is 2.01. The van der Waals surface area contributed by atoms with Gasteiger partial charge in [0.25, 0.3) is 0 Å². The summed E-state index contributed by atoms with van der Waals surface area (Å²) in [7, 11) is 0. The Labute approximate surface area is 116 Å². The van der Waals surface area contributed by atoms with Crippen molar-refractivity contribution in [3.63, 3.8) is 0 Å². The van der Waals surface area contributed by atoms with Crippen molar-refractivity contribution < 1.29 is 9.47 Å². The molecule has 0 unspecified atom stereocenters. The molecule has 0 aliphatic carbocycles. The number of benzene rings is 2. The molecule has 0 saturated heterocycles. The van der Waals surface area contributed by atoms with E-state index < -0.39 is 0 Å². The molecule has 0 bridgehead atoms. The summed E-state index contributed by atoms with van der Waals surface area (Å²) < 4.78 is 11.0. The van der Waals surface area contributed by atoms with Gasteiger partial charge in [-0.25, -0.2) is 0 Å². The highest BCUT2D eigenvalue weighted by molar-refractivity contribution is 6.34. The van der Waals surface area contributed by atoms with E-state index in [9.17, 15) is 0 Å². The van der Waals surface area contributed by atoms with Crippen LogP contribution in [-0.4, -0.2) is 6.61 Å². The smallest absolute Gasteiger partial charge is 0.130 e. The Bertz CT molecular complexity index is 504. The van der Waals surface area contributed by atoms with Gasteiger partial charge in [0.2, 0.25) is 0 Å². The van der Waals surface area contributed by atoms with Crippen molar-refractivity contribution in [3.05, 3.63) is 52.5 Å². The largest absolute Gasteiger partial charge is 0.494 e. The van der Waals surface area contributed by atoms with Crippen molar-refractivity contribution in [2.75, 3.05) is 6.61 Å². The van der Waals surface area contributed by atoms with E-state index in [4.69, 9.17) is 32.7 Å². The lowest BCUT2D eigenvalue weighted by Crippen LogP contribution is -1.91. The first kappa shape index (κ1) is 13.1. The van der Waals surface area contributed by atoms with Crippen molar-refractivity contribution in [2.24, 2.45) is 0 Å². The van der Waals surface area contributed by atoms with Crippen molar-refractivity contribution in [1.29, 1.82) is 0 Å². The molecule has 0 saturated carbocycles. The summed E-state index contributed by atoms with van der Waals surface area (Å²) in [5.74, 6) is 2.13. The lowest BCUT2D eigenvalue weighted by atomic mass is 10.3. The van der Waals surface area contributed by atoms with Gasteiger partial charge in [-0.1, -0.05) is 23.2 Å². The highest BCUT2D eigenvalue weighted by atomic mass is 35.5. The fraction of sp³-hybridized carbons (Fsp3) is 0.143. The van der Waals surface area contributed by atoms with E-state index in [1.807, 2.05) is 31.2 Å². The van der Waals surface area contributed by atoms with E-state index in [1.165, 1.54) is 0 Å².